The number of carboxylic acids is 1. The van der Waals surface area contributed by atoms with Gasteiger partial charge >= 0.3 is 12.0 Å². The minimum atomic E-state index is -1.03. The van der Waals surface area contributed by atoms with Gasteiger partial charge in [-0.1, -0.05) is 32.9 Å². The first kappa shape index (κ1) is 15.0. The Labute approximate surface area is 113 Å². The normalized spacial score (nSPS) is 12.0. The number of urea groups is 1. The highest BCUT2D eigenvalue weighted by atomic mass is 16.4. The molecule has 0 saturated carbocycles. The molecule has 2 amide bonds. The van der Waals surface area contributed by atoms with Crippen LogP contribution in [0, 0.1) is 5.92 Å². The van der Waals surface area contributed by atoms with Gasteiger partial charge in [-0.25, -0.2) is 9.59 Å². The molecule has 0 radical (unpaired) electrons. The molecule has 0 aliphatic rings. The summed E-state index contributed by atoms with van der Waals surface area (Å²) < 4.78 is 0. The molecule has 5 nitrogen and oxygen atoms in total. The van der Waals surface area contributed by atoms with Crippen LogP contribution in [0.25, 0.3) is 0 Å². The smallest absolute Gasteiger partial charge is 0.326 e. The summed E-state index contributed by atoms with van der Waals surface area (Å²) in [6.45, 7) is 5.52. The van der Waals surface area contributed by atoms with Crippen molar-refractivity contribution in [2.75, 3.05) is 5.32 Å². The summed E-state index contributed by atoms with van der Waals surface area (Å²) >= 11 is 0. The number of carboxylic acid groups (broad SMARTS) is 1. The number of hydrogen-bond donors (Lipinski definition) is 3. The molecular weight excluding hydrogens is 244 g/mol. The molecule has 0 aliphatic carbocycles. The second-order valence-electron chi connectivity index (χ2n) is 4.71. The molecule has 0 heterocycles. The third-order valence-corrected chi connectivity index (χ3v) is 2.81. The van der Waals surface area contributed by atoms with E-state index in [0.717, 1.165) is 12.0 Å². The molecule has 1 aromatic carbocycles. The van der Waals surface area contributed by atoms with Crippen LogP contribution in [0.4, 0.5) is 10.5 Å². The Bertz CT molecular complexity index is 458. The van der Waals surface area contributed by atoms with E-state index in [1.807, 2.05) is 25.1 Å². The van der Waals surface area contributed by atoms with Gasteiger partial charge in [-0.05, 0) is 30.0 Å². The third kappa shape index (κ3) is 4.62. The number of aryl methyl sites for hydroxylation is 1. The molecule has 3 N–H and O–H groups in total. The first-order chi connectivity index (χ1) is 8.93. The number of carbonyl (C=O) groups excluding carboxylic acids is 1. The van der Waals surface area contributed by atoms with E-state index in [9.17, 15) is 9.59 Å². The molecule has 0 saturated heterocycles. The summed E-state index contributed by atoms with van der Waals surface area (Å²) in [6.07, 6.45) is 0.876. The number of hydrogen-bond acceptors (Lipinski definition) is 2. The molecule has 0 fully saturated rings. The topological polar surface area (TPSA) is 78.4 Å². The number of benzene rings is 1. The number of nitrogens with one attached hydrogen (secondary N) is 2. The van der Waals surface area contributed by atoms with E-state index in [1.165, 1.54) is 0 Å². The Morgan fingerprint density at radius 2 is 2.00 bits per heavy atom. The summed E-state index contributed by atoms with van der Waals surface area (Å²) in [6, 6.07) is 6.06. The first-order valence-electron chi connectivity index (χ1n) is 6.33. The van der Waals surface area contributed by atoms with Gasteiger partial charge in [-0.15, -0.1) is 0 Å². The minimum Gasteiger partial charge on any atom is -0.480 e. The van der Waals surface area contributed by atoms with Crippen molar-refractivity contribution in [3.8, 4) is 0 Å². The fourth-order valence-electron chi connectivity index (χ4n) is 1.69. The van der Waals surface area contributed by atoms with Gasteiger partial charge < -0.3 is 15.7 Å². The molecule has 19 heavy (non-hydrogen) atoms. The highest BCUT2D eigenvalue weighted by Crippen LogP contribution is 2.11. The maximum atomic E-state index is 11.7. The van der Waals surface area contributed by atoms with Crippen LogP contribution in [-0.2, 0) is 11.2 Å². The predicted octanol–water partition coefficient (Wildman–Crippen LogP) is 2.48. The highest BCUT2D eigenvalue weighted by Gasteiger charge is 2.23. The highest BCUT2D eigenvalue weighted by molar-refractivity contribution is 5.92. The maximum Gasteiger partial charge on any atom is 0.326 e. The van der Waals surface area contributed by atoms with Gasteiger partial charge in [-0.3, -0.25) is 0 Å². The summed E-state index contributed by atoms with van der Waals surface area (Å²) in [4.78, 5) is 22.7. The van der Waals surface area contributed by atoms with Crippen molar-refractivity contribution in [1.82, 2.24) is 5.32 Å². The lowest BCUT2D eigenvalue weighted by Crippen LogP contribution is -2.46. The van der Waals surface area contributed by atoms with Gasteiger partial charge in [-0.2, -0.15) is 0 Å². The van der Waals surface area contributed by atoms with Crippen LogP contribution in [-0.4, -0.2) is 23.1 Å². The predicted molar refractivity (Wildman–Crippen MR) is 74.2 cm³/mol. The van der Waals surface area contributed by atoms with Gasteiger partial charge in [0, 0.05) is 5.69 Å². The van der Waals surface area contributed by atoms with Crippen molar-refractivity contribution in [1.29, 1.82) is 0 Å². The Morgan fingerprint density at radius 3 is 2.53 bits per heavy atom. The van der Waals surface area contributed by atoms with Crippen molar-refractivity contribution in [3.63, 3.8) is 0 Å². The Hall–Kier alpha value is -2.04. The molecule has 0 aliphatic heterocycles. The summed E-state index contributed by atoms with van der Waals surface area (Å²) in [5.74, 6) is -1.21. The van der Waals surface area contributed by atoms with Gasteiger partial charge in [0.15, 0.2) is 0 Å². The lowest BCUT2D eigenvalue weighted by molar-refractivity contribution is -0.140. The number of amides is 2. The van der Waals surface area contributed by atoms with Crippen molar-refractivity contribution in [2.45, 2.75) is 33.2 Å². The number of rotatable bonds is 5. The van der Waals surface area contributed by atoms with Gasteiger partial charge in [0.1, 0.15) is 6.04 Å². The molecule has 0 spiro atoms. The van der Waals surface area contributed by atoms with Crippen LogP contribution in [0.3, 0.4) is 0 Å². The summed E-state index contributed by atoms with van der Waals surface area (Å²) in [7, 11) is 0. The van der Waals surface area contributed by atoms with Crippen LogP contribution in [0.2, 0.25) is 0 Å². The molecule has 0 unspecified atom stereocenters. The number of anilines is 1. The van der Waals surface area contributed by atoms with Crippen LogP contribution >= 0.6 is 0 Å². The molecule has 0 aromatic heterocycles. The number of carbonyl (C=O) groups is 2. The Balaban J connectivity index is 2.66. The minimum absolute atomic E-state index is 0.176. The molecular formula is C14H20N2O3. The van der Waals surface area contributed by atoms with E-state index in [4.69, 9.17) is 5.11 Å². The van der Waals surface area contributed by atoms with Crippen molar-refractivity contribution in [2.24, 2.45) is 5.92 Å². The lowest BCUT2D eigenvalue weighted by atomic mass is 10.1. The Kier molecular flexibility index (Phi) is 5.36. The second-order valence-corrected chi connectivity index (χ2v) is 4.71. The monoisotopic (exact) mass is 264 g/mol. The van der Waals surface area contributed by atoms with E-state index in [-0.39, 0.29) is 5.92 Å². The summed E-state index contributed by atoms with van der Waals surface area (Å²) in [5.41, 5.74) is 1.76. The van der Waals surface area contributed by atoms with Gasteiger partial charge in [0.25, 0.3) is 0 Å². The van der Waals surface area contributed by atoms with E-state index in [2.05, 4.69) is 10.6 Å². The maximum absolute atomic E-state index is 11.7. The van der Waals surface area contributed by atoms with Crippen molar-refractivity contribution >= 4 is 17.7 Å². The third-order valence-electron chi connectivity index (χ3n) is 2.81. The van der Waals surface area contributed by atoms with Gasteiger partial charge in [0.2, 0.25) is 0 Å². The zero-order valence-corrected chi connectivity index (χ0v) is 11.4. The van der Waals surface area contributed by atoms with Crippen molar-refractivity contribution < 1.29 is 14.7 Å². The molecule has 5 heteroatoms. The van der Waals surface area contributed by atoms with E-state index in [1.54, 1.807) is 19.9 Å². The van der Waals surface area contributed by atoms with E-state index >= 15 is 0 Å². The average molecular weight is 264 g/mol. The molecule has 1 atom stereocenters. The van der Waals surface area contributed by atoms with Crippen LogP contribution in [0.15, 0.2) is 24.3 Å². The van der Waals surface area contributed by atoms with Crippen LogP contribution < -0.4 is 10.6 Å². The zero-order valence-electron chi connectivity index (χ0n) is 11.4. The van der Waals surface area contributed by atoms with E-state index < -0.39 is 18.0 Å². The molecule has 1 aromatic rings. The zero-order chi connectivity index (χ0) is 14.4. The molecule has 104 valence electrons. The van der Waals surface area contributed by atoms with Crippen LogP contribution in [0.1, 0.15) is 26.3 Å². The largest absolute Gasteiger partial charge is 0.480 e. The average Bonchev–Trinajstić information content (AvgIpc) is 2.35. The first-order valence-corrected chi connectivity index (χ1v) is 6.33. The quantitative estimate of drug-likeness (QED) is 0.764. The number of aliphatic carboxylic acids is 1. The SMILES string of the molecule is CCc1cccc(NC(=O)N[C@@H](C(=O)O)C(C)C)c1. The molecule has 0 bridgehead atoms. The van der Waals surface area contributed by atoms with Gasteiger partial charge in [0.05, 0.1) is 0 Å². The van der Waals surface area contributed by atoms with Crippen LogP contribution in [0.5, 0.6) is 0 Å². The standard InChI is InChI=1S/C14H20N2O3/c1-4-10-6-5-7-11(8-10)15-14(19)16-12(9(2)3)13(17)18/h5-9,12H,4H2,1-3H3,(H,17,18)(H2,15,16,19)/t12-/m1/s1. The van der Waals surface area contributed by atoms with Crippen molar-refractivity contribution in [3.05, 3.63) is 29.8 Å². The Morgan fingerprint density at radius 1 is 1.32 bits per heavy atom. The van der Waals surface area contributed by atoms with E-state index in [0.29, 0.717) is 5.69 Å². The fraction of sp³-hybridized carbons (Fsp3) is 0.429. The summed E-state index contributed by atoms with van der Waals surface area (Å²) in [5, 5.41) is 14.1. The molecule has 1 rings (SSSR count). The second kappa shape index (κ2) is 6.78. The lowest BCUT2D eigenvalue weighted by Gasteiger charge is -2.18. The fourth-order valence-corrected chi connectivity index (χ4v) is 1.69.